The standard InChI is InChI=1S/C16H16O4S.C15H13NO4S.C12H13NO4S/c1-5-6-7-10-8-12(18-2)15-11(14(10)19-3)9-13(21-15)16(17)20-4;1-18-12-9-7-10(15(17)20-3)21-14(9)13(19-2)8-5-4-6-16-11(8)12;1-15-8-5-7(13)10(16-2)6-4-9(12(14)17-3)18-11(6)8/h1,8-9H,6-7H2,2-4H3;4-7H,1-3H3;4-5H,13H2,1-3H3. The molecule has 0 aliphatic carbocycles. The van der Waals surface area contributed by atoms with Gasteiger partial charge in [0.2, 0.25) is 0 Å². The van der Waals surface area contributed by atoms with Gasteiger partial charge in [0.1, 0.15) is 43.1 Å². The molecule has 0 atom stereocenters. The maximum absolute atomic E-state index is 11.8. The third-order valence-corrected chi connectivity index (χ3v) is 12.3. The monoisotopic (exact) mass is 874 g/mol. The number of carbonyl (C=O) groups excluding carboxylic acids is 3. The van der Waals surface area contributed by atoms with Crippen molar-refractivity contribution in [3.8, 4) is 46.8 Å². The molecule has 0 aliphatic rings. The normalized spacial score (nSPS) is 10.5. The number of benzene rings is 3. The maximum Gasteiger partial charge on any atom is 0.348 e. The predicted octanol–water partition coefficient (Wildman–Crippen LogP) is 8.81. The first-order valence-electron chi connectivity index (χ1n) is 17.7. The predicted molar refractivity (Wildman–Crippen MR) is 236 cm³/mol. The van der Waals surface area contributed by atoms with Crippen LogP contribution >= 0.6 is 34.0 Å². The zero-order valence-corrected chi connectivity index (χ0v) is 36.7. The van der Waals surface area contributed by atoms with Crippen LogP contribution in [0.3, 0.4) is 0 Å². The fourth-order valence-corrected chi connectivity index (χ4v) is 9.55. The molecule has 0 saturated heterocycles. The van der Waals surface area contributed by atoms with Gasteiger partial charge < -0.3 is 48.4 Å². The molecule has 0 fully saturated rings. The summed E-state index contributed by atoms with van der Waals surface area (Å²) in [5, 5.41) is 3.24. The molecule has 4 heterocycles. The molecule has 0 amide bonds. The van der Waals surface area contributed by atoms with Gasteiger partial charge in [0.05, 0.1) is 83.8 Å². The number of nitrogens with two attached hydrogens (primary N) is 1. The number of ether oxygens (including phenoxy) is 9. The number of hydrogen-bond acceptors (Lipinski definition) is 17. The quantitative estimate of drug-likeness (QED) is 0.0565. The topological polar surface area (TPSA) is 173 Å². The van der Waals surface area contributed by atoms with Crippen molar-refractivity contribution in [1.82, 2.24) is 4.98 Å². The number of hydrogen-bond donors (Lipinski definition) is 1. The van der Waals surface area contributed by atoms with Crippen molar-refractivity contribution in [2.75, 3.05) is 69.7 Å². The SMILES string of the molecule is C#CCCc1cc(OC)c2sc(C(=O)OC)cc2c1OC.COC(=O)c1cc2c(OC)c(N)cc(OC)c2s1.COC(=O)c1cc2c(OC)c3ncccc3c(OC)c2s1. The van der Waals surface area contributed by atoms with Gasteiger partial charge in [-0.1, -0.05) is 0 Å². The number of nitrogens with zero attached hydrogens (tertiary/aromatic N) is 1. The second-order valence-corrected chi connectivity index (χ2v) is 15.3. The number of methoxy groups -OCH3 is 9. The Bertz CT molecular complexity index is 2690. The number of pyridine rings is 1. The minimum absolute atomic E-state index is 0.370. The average Bonchev–Trinajstić information content (AvgIpc) is 4.04. The van der Waals surface area contributed by atoms with Crippen LogP contribution in [0.1, 0.15) is 41.0 Å². The molecule has 0 radical (unpaired) electrons. The first-order valence-corrected chi connectivity index (χ1v) is 20.2. The zero-order valence-electron chi connectivity index (χ0n) is 34.3. The average molecular weight is 875 g/mol. The Morgan fingerprint density at radius 3 is 1.53 bits per heavy atom. The molecule has 4 aromatic heterocycles. The van der Waals surface area contributed by atoms with Crippen molar-refractivity contribution in [2.24, 2.45) is 0 Å². The first-order chi connectivity index (χ1) is 29.0. The number of carbonyl (C=O) groups is 3. The van der Waals surface area contributed by atoms with Gasteiger partial charge in [-0.15, -0.1) is 46.4 Å². The van der Waals surface area contributed by atoms with E-state index in [9.17, 15) is 14.4 Å². The fraction of sp³-hybridized carbons (Fsp3) is 0.256. The Morgan fingerprint density at radius 2 is 1.07 bits per heavy atom. The van der Waals surface area contributed by atoms with Crippen molar-refractivity contribution in [3.63, 3.8) is 0 Å². The highest BCUT2D eigenvalue weighted by molar-refractivity contribution is 7.22. The van der Waals surface area contributed by atoms with Crippen molar-refractivity contribution >= 4 is 98.8 Å². The smallest absolute Gasteiger partial charge is 0.348 e. The van der Waals surface area contributed by atoms with Crippen LogP contribution in [0, 0.1) is 12.3 Å². The molecule has 2 N–H and O–H groups in total. The van der Waals surface area contributed by atoms with Gasteiger partial charge in [-0.3, -0.25) is 4.98 Å². The van der Waals surface area contributed by atoms with Gasteiger partial charge in [0.15, 0.2) is 11.5 Å². The van der Waals surface area contributed by atoms with Crippen LogP contribution in [-0.4, -0.2) is 86.9 Å². The summed E-state index contributed by atoms with van der Waals surface area (Å²) in [5.41, 5.74) is 8.02. The van der Waals surface area contributed by atoms with E-state index in [-0.39, 0.29) is 17.9 Å². The number of thiophene rings is 3. The van der Waals surface area contributed by atoms with Crippen molar-refractivity contribution in [2.45, 2.75) is 12.8 Å². The molecule has 14 nitrogen and oxygen atoms in total. The summed E-state index contributed by atoms with van der Waals surface area (Å²) < 4.78 is 49.3. The van der Waals surface area contributed by atoms with E-state index < -0.39 is 0 Å². The molecule has 0 bridgehead atoms. The van der Waals surface area contributed by atoms with Crippen LogP contribution in [-0.2, 0) is 20.6 Å². The summed E-state index contributed by atoms with van der Waals surface area (Å²) in [6, 6.07) is 12.6. The van der Waals surface area contributed by atoms with Crippen LogP contribution in [0.4, 0.5) is 5.69 Å². The van der Waals surface area contributed by atoms with Crippen LogP contribution in [0.5, 0.6) is 34.5 Å². The largest absolute Gasteiger partial charge is 0.496 e. The molecule has 7 aromatic rings. The van der Waals surface area contributed by atoms with Gasteiger partial charge >= 0.3 is 17.9 Å². The van der Waals surface area contributed by atoms with E-state index in [1.807, 2.05) is 18.2 Å². The summed E-state index contributed by atoms with van der Waals surface area (Å²) in [6.07, 6.45) is 8.33. The Hall–Kier alpha value is -6.48. The van der Waals surface area contributed by atoms with Gasteiger partial charge in [0, 0.05) is 40.2 Å². The van der Waals surface area contributed by atoms with Crippen molar-refractivity contribution in [3.05, 3.63) is 68.9 Å². The van der Waals surface area contributed by atoms with Gasteiger partial charge in [-0.25, -0.2) is 14.4 Å². The Morgan fingerprint density at radius 1 is 0.600 bits per heavy atom. The lowest BCUT2D eigenvalue weighted by atomic mass is 10.1. The highest BCUT2D eigenvalue weighted by Crippen LogP contribution is 2.46. The third kappa shape index (κ3) is 8.76. The zero-order chi connectivity index (χ0) is 43.7. The third-order valence-electron chi connectivity index (χ3n) is 8.95. The van der Waals surface area contributed by atoms with Crippen LogP contribution in [0.25, 0.3) is 41.2 Å². The molecule has 17 heteroatoms. The number of rotatable bonds is 11. The molecule has 0 aliphatic heterocycles. The number of terminal acetylenes is 1. The molecule has 0 saturated carbocycles. The minimum atomic E-state index is -0.390. The molecule has 7 rings (SSSR count). The van der Waals surface area contributed by atoms with E-state index in [0.29, 0.717) is 67.4 Å². The molecule has 0 unspecified atom stereocenters. The lowest BCUT2D eigenvalue weighted by molar-refractivity contribution is 0.0597. The molecule has 60 heavy (non-hydrogen) atoms. The van der Waals surface area contributed by atoms with Crippen LogP contribution in [0.15, 0.2) is 48.7 Å². The summed E-state index contributed by atoms with van der Waals surface area (Å²) in [6.45, 7) is 0. The number of esters is 3. The Kier molecular flexibility index (Phi) is 14.9. The lowest BCUT2D eigenvalue weighted by Crippen LogP contribution is -1.97. The minimum Gasteiger partial charge on any atom is -0.496 e. The lowest BCUT2D eigenvalue weighted by Gasteiger charge is -2.11. The van der Waals surface area contributed by atoms with Gasteiger partial charge in [-0.05, 0) is 48.4 Å². The Labute approximate surface area is 357 Å². The number of anilines is 1. The summed E-state index contributed by atoms with van der Waals surface area (Å²) >= 11 is 3.93. The highest BCUT2D eigenvalue weighted by Gasteiger charge is 2.23. The van der Waals surface area contributed by atoms with E-state index in [1.165, 1.54) is 62.4 Å². The van der Waals surface area contributed by atoms with Crippen LogP contribution < -0.4 is 34.2 Å². The summed E-state index contributed by atoms with van der Waals surface area (Å²) in [7, 11) is 13.6. The molecular formula is C43H42N2O12S3. The maximum atomic E-state index is 11.8. The molecule has 0 spiro atoms. The molecule has 3 aromatic carbocycles. The fourth-order valence-electron chi connectivity index (χ4n) is 6.30. The highest BCUT2D eigenvalue weighted by atomic mass is 32.1. The summed E-state index contributed by atoms with van der Waals surface area (Å²) in [5.74, 6) is 5.39. The van der Waals surface area contributed by atoms with Crippen LogP contribution in [0.2, 0.25) is 0 Å². The molecular weight excluding hydrogens is 833 g/mol. The summed E-state index contributed by atoms with van der Waals surface area (Å²) in [4.78, 5) is 40.9. The van der Waals surface area contributed by atoms with Gasteiger partial charge in [0.25, 0.3) is 0 Å². The second kappa shape index (κ2) is 20.0. The van der Waals surface area contributed by atoms with Gasteiger partial charge in [-0.2, -0.15) is 0 Å². The van der Waals surface area contributed by atoms with Crippen molar-refractivity contribution < 1.29 is 57.0 Å². The first kappa shape index (κ1) is 44.6. The second-order valence-electron chi connectivity index (χ2n) is 12.2. The van der Waals surface area contributed by atoms with E-state index >= 15 is 0 Å². The van der Waals surface area contributed by atoms with E-state index in [2.05, 4.69) is 10.9 Å². The number of fused-ring (bicyclic) bond motifs is 4. The molecule has 314 valence electrons. The Balaban J connectivity index is 0.000000171. The van der Waals surface area contributed by atoms with E-state index in [0.717, 1.165) is 47.0 Å². The number of nitrogen functional groups attached to an aromatic ring is 1. The number of aromatic nitrogens is 1. The van der Waals surface area contributed by atoms with Crippen molar-refractivity contribution in [1.29, 1.82) is 0 Å². The van der Waals surface area contributed by atoms with E-state index in [4.69, 9.17) is 54.8 Å². The number of aryl methyl sites for hydroxylation is 1. The van der Waals surface area contributed by atoms with E-state index in [1.54, 1.807) is 66.0 Å².